The number of nitrogens with one attached hydrogen (secondary N) is 1. The van der Waals surface area contributed by atoms with Gasteiger partial charge in [-0.05, 0) is 25.1 Å². The summed E-state index contributed by atoms with van der Waals surface area (Å²) in [6.07, 6.45) is -2.26. The molecule has 152 valence electrons. The lowest BCUT2D eigenvalue weighted by Crippen LogP contribution is -2.25. The second-order valence-corrected chi connectivity index (χ2v) is 6.08. The van der Waals surface area contributed by atoms with Crippen molar-refractivity contribution in [3.63, 3.8) is 0 Å². The number of halogens is 3. The van der Waals surface area contributed by atoms with E-state index in [2.05, 4.69) is 25.4 Å². The van der Waals surface area contributed by atoms with E-state index in [1.807, 2.05) is 0 Å². The van der Waals surface area contributed by atoms with Crippen LogP contribution in [0, 0.1) is 6.92 Å². The van der Waals surface area contributed by atoms with Crippen molar-refractivity contribution in [2.45, 2.75) is 25.7 Å². The normalized spacial score (nSPS) is 12.6. The summed E-state index contributed by atoms with van der Waals surface area (Å²) in [5, 5.41) is 24.9. The third kappa shape index (κ3) is 5.04. The molecule has 29 heavy (non-hydrogen) atoms. The van der Waals surface area contributed by atoms with Gasteiger partial charge < -0.3 is 15.5 Å². The van der Waals surface area contributed by atoms with Crippen LogP contribution < -0.4 is 5.32 Å². The number of rotatable bonds is 6. The van der Waals surface area contributed by atoms with Gasteiger partial charge in [0.2, 0.25) is 5.95 Å². The number of carboxylic acid groups (broad SMARTS) is 1. The van der Waals surface area contributed by atoms with Crippen LogP contribution in [0.4, 0.5) is 24.8 Å². The number of aromatic nitrogens is 5. The minimum absolute atomic E-state index is 0.225. The summed E-state index contributed by atoms with van der Waals surface area (Å²) in [6, 6.07) is 3.94. The lowest BCUT2D eigenvalue weighted by atomic mass is 10.2. The Kier molecular flexibility index (Phi) is 5.46. The average Bonchev–Trinajstić information content (AvgIpc) is 3.09. The molecule has 0 saturated heterocycles. The molecule has 3 rings (SSSR count). The van der Waals surface area contributed by atoms with Gasteiger partial charge in [-0.25, -0.2) is 14.8 Å². The largest absolute Gasteiger partial charge is 0.479 e. The summed E-state index contributed by atoms with van der Waals surface area (Å²) in [6.45, 7) is 1.45. The SMILES string of the molecule is Cc1cc(Nc2nccc(C(F)(F)F)n2)cc(-c2cnn(C[C@@H](O)C(=O)O)c2)n1. The highest BCUT2D eigenvalue weighted by Gasteiger charge is 2.32. The Morgan fingerprint density at radius 3 is 2.76 bits per heavy atom. The summed E-state index contributed by atoms with van der Waals surface area (Å²) >= 11 is 0. The maximum absolute atomic E-state index is 12.8. The second kappa shape index (κ2) is 7.83. The van der Waals surface area contributed by atoms with Crippen LogP contribution in [0.25, 0.3) is 11.3 Å². The molecule has 0 saturated carbocycles. The van der Waals surface area contributed by atoms with Crippen LogP contribution >= 0.6 is 0 Å². The highest BCUT2D eigenvalue weighted by atomic mass is 19.4. The van der Waals surface area contributed by atoms with E-state index >= 15 is 0 Å². The van der Waals surface area contributed by atoms with Crippen molar-refractivity contribution in [3.05, 3.63) is 48.2 Å². The molecule has 0 unspecified atom stereocenters. The van der Waals surface area contributed by atoms with Gasteiger partial charge >= 0.3 is 12.1 Å². The van der Waals surface area contributed by atoms with Gasteiger partial charge in [0.25, 0.3) is 0 Å². The lowest BCUT2D eigenvalue weighted by Gasteiger charge is -2.10. The van der Waals surface area contributed by atoms with Crippen LogP contribution in [0.2, 0.25) is 0 Å². The number of alkyl halides is 3. The van der Waals surface area contributed by atoms with Gasteiger partial charge in [-0.15, -0.1) is 0 Å². The summed E-state index contributed by atoms with van der Waals surface area (Å²) in [4.78, 5) is 22.3. The minimum Gasteiger partial charge on any atom is -0.479 e. The molecule has 0 spiro atoms. The van der Waals surface area contributed by atoms with E-state index in [1.54, 1.807) is 19.1 Å². The van der Waals surface area contributed by atoms with Crippen LogP contribution in [-0.4, -0.2) is 47.0 Å². The van der Waals surface area contributed by atoms with E-state index in [4.69, 9.17) is 5.11 Å². The van der Waals surface area contributed by atoms with E-state index in [0.29, 0.717) is 22.6 Å². The molecular formula is C17H15F3N6O3. The van der Waals surface area contributed by atoms with Gasteiger partial charge in [-0.3, -0.25) is 9.67 Å². The van der Waals surface area contributed by atoms with E-state index < -0.39 is 23.9 Å². The maximum Gasteiger partial charge on any atom is 0.433 e. The Hall–Kier alpha value is -3.54. The standard InChI is InChI=1S/C17H15F3N6O3/c1-9-4-11(24-16-21-3-2-14(25-16)17(18,19)20)5-12(23-9)10-6-22-26(7-10)8-13(27)15(28)29/h2-7,13,27H,8H2,1H3,(H,28,29)(H,21,23,24,25)/t13-/m1/s1. The molecule has 0 fully saturated rings. The highest BCUT2D eigenvalue weighted by molar-refractivity contribution is 5.71. The van der Waals surface area contributed by atoms with Gasteiger partial charge in [0.1, 0.15) is 5.69 Å². The summed E-state index contributed by atoms with van der Waals surface area (Å²) in [5.41, 5.74) is 0.870. The fourth-order valence-electron chi connectivity index (χ4n) is 2.45. The first-order valence-corrected chi connectivity index (χ1v) is 8.21. The van der Waals surface area contributed by atoms with Crippen molar-refractivity contribution in [2.75, 3.05) is 5.32 Å². The van der Waals surface area contributed by atoms with Crippen molar-refractivity contribution < 1.29 is 28.2 Å². The van der Waals surface area contributed by atoms with Crippen molar-refractivity contribution in [1.82, 2.24) is 24.7 Å². The zero-order chi connectivity index (χ0) is 21.2. The molecule has 3 aromatic heterocycles. The third-order valence-corrected chi connectivity index (χ3v) is 3.73. The highest BCUT2D eigenvalue weighted by Crippen LogP contribution is 2.28. The van der Waals surface area contributed by atoms with E-state index in [9.17, 15) is 23.1 Å². The minimum atomic E-state index is -4.59. The van der Waals surface area contributed by atoms with Crippen molar-refractivity contribution in [3.8, 4) is 11.3 Å². The van der Waals surface area contributed by atoms with Crippen molar-refractivity contribution >= 4 is 17.6 Å². The Balaban J connectivity index is 1.84. The molecule has 0 bridgehead atoms. The quantitative estimate of drug-likeness (QED) is 0.567. The van der Waals surface area contributed by atoms with Crippen LogP contribution in [0.15, 0.2) is 36.8 Å². The number of hydrogen-bond donors (Lipinski definition) is 3. The van der Waals surface area contributed by atoms with Gasteiger partial charge in [-0.2, -0.15) is 18.3 Å². The number of carbonyl (C=O) groups is 1. The maximum atomic E-state index is 12.8. The fourth-order valence-corrected chi connectivity index (χ4v) is 2.45. The number of aryl methyl sites for hydroxylation is 1. The summed E-state index contributed by atoms with van der Waals surface area (Å²) in [5.74, 6) is -1.60. The predicted octanol–water partition coefficient (Wildman–Crippen LogP) is 2.25. The zero-order valence-electron chi connectivity index (χ0n) is 14.9. The van der Waals surface area contributed by atoms with Crippen LogP contribution in [-0.2, 0) is 17.5 Å². The number of aliphatic hydroxyl groups is 1. The van der Waals surface area contributed by atoms with Crippen LogP contribution in [0.3, 0.4) is 0 Å². The Morgan fingerprint density at radius 2 is 2.07 bits per heavy atom. The molecule has 0 aliphatic carbocycles. The first kappa shape index (κ1) is 20.2. The first-order chi connectivity index (χ1) is 13.6. The Labute approximate surface area is 161 Å². The Morgan fingerprint density at radius 1 is 1.31 bits per heavy atom. The first-order valence-electron chi connectivity index (χ1n) is 8.21. The monoisotopic (exact) mass is 408 g/mol. The number of aliphatic carboxylic acids is 1. The van der Waals surface area contributed by atoms with Crippen molar-refractivity contribution in [1.29, 1.82) is 0 Å². The summed E-state index contributed by atoms with van der Waals surface area (Å²) in [7, 11) is 0. The van der Waals surface area contributed by atoms with Crippen LogP contribution in [0.5, 0.6) is 0 Å². The number of carboxylic acids is 1. The van der Waals surface area contributed by atoms with Gasteiger partial charge in [0.15, 0.2) is 6.10 Å². The molecular weight excluding hydrogens is 393 g/mol. The fraction of sp³-hybridized carbons (Fsp3) is 0.235. The predicted molar refractivity (Wildman–Crippen MR) is 94.2 cm³/mol. The average molecular weight is 408 g/mol. The topological polar surface area (TPSA) is 126 Å². The Bertz CT molecular complexity index is 1040. The number of nitrogens with zero attached hydrogens (tertiary/aromatic N) is 5. The molecule has 12 heteroatoms. The number of aliphatic hydroxyl groups excluding tert-OH is 1. The molecule has 9 nitrogen and oxygen atoms in total. The molecule has 3 heterocycles. The third-order valence-electron chi connectivity index (χ3n) is 3.73. The van der Waals surface area contributed by atoms with E-state index in [-0.39, 0.29) is 12.5 Å². The lowest BCUT2D eigenvalue weighted by molar-refractivity contribution is -0.147. The molecule has 0 amide bonds. The van der Waals surface area contributed by atoms with Gasteiger partial charge in [-0.1, -0.05) is 0 Å². The van der Waals surface area contributed by atoms with Crippen molar-refractivity contribution in [2.24, 2.45) is 0 Å². The number of anilines is 2. The smallest absolute Gasteiger partial charge is 0.433 e. The molecule has 3 aromatic rings. The van der Waals surface area contributed by atoms with E-state index in [0.717, 1.165) is 12.3 Å². The second-order valence-electron chi connectivity index (χ2n) is 6.08. The summed E-state index contributed by atoms with van der Waals surface area (Å²) < 4.78 is 39.7. The molecule has 0 aliphatic heterocycles. The molecule has 0 radical (unpaired) electrons. The van der Waals surface area contributed by atoms with Gasteiger partial charge in [0, 0.05) is 29.3 Å². The number of hydrogen-bond acceptors (Lipinski definition) is 7. The van der Waals surface area contributed by atoms with E-state index in [1.165, 1.54) is 17.1 Å². The molecule has 1 atom stereocenters. The number of pyridine rings is 1. The zero-order valence-corrected chi connectivity index (χ0v) is 14.9. The molecule has 0 aromatic carbocycles. The van der Waals surface area contributed by atoms with Crippen LogP contribution in [0.1, 0.15) is 11.4 Å². The molecule has 3 N–H and O–H groups in total. The molecule has 0 aliphatic rings. The van der Waals surface area contributed by atoms with Gasteiger partial charge in [0.05, 0.1) is 18.4 Å².